The van der Waals surface area contributed by atoms with Crippen molar-refractivity contribution >= 4 is 10.0 Å². The zero-order valence-electron chi connectivity index (χ0n) is 12.5. The molecule has 2 rings (SSSR count). The molecule has 0 unspecified atom stereocenters. The number of hydrogen-bond acceptors (Lipinski definition) is 3. The first-order chi connectivity index (χ1) is 9.40. The number of rotatable bonds is 6. The fourth-order valence-corrected chi connectivity index (χ4v) is 4.28. The molecular formula is C15H24N2O2S. The molecule has 1 aliphatic carbocycles. The van der Waals surface area contributed by atoms with Gasteiger partial charge in [0.25, 0.3) is 0 Å². The van der Waals surface area contributed by atoms with Crippen LogP contribution in [-0.2, 0) is 16.6 Å². The van der Waals surface area contributed by atoms with Gasteiger partial charge in [0, 0.05) is 19.6 Å². The third kappa shape index (κ3) is 3.05. The lowest BCUT2D eigenvalue weighted by atomic mass is 10.1. The molecule has 1 saturated carbocycles. The molecule has 0 saturated heterocycles. The van der Waals surface area contributed by atoms with Gasteiger partial charge in [-0.3, -0.25) is 0 Å². The summed E-state index contributed by atoms with van der Waals surface area (Å²) < 4.78 is 27.3. The van der Waals surface area contributed by atoms with Gasteiger partial charge >= 0.3 is 0 Å². The van der Waals surface area contributed by atoms with Crippen LogP contribution in [0, 0.1) is 19.8 Å². The van der Waals surface area contributed by atoms with Crippen LogP contribution in [0.5, 0.6) is 0 Å². The summed E-state index contributed by atoms with van der Waals surface area (Å²) in [5, 5.41) is 0. The Bertz CT molecular complexity index is 592. The van der Waals surface area contributed by atoms with Crippen LogP contribution >= 0.6 is 0 Å². The van der Waals surface area contributed by atoms with Crippen LogP contribution in [0.3, 0.4) is 0 Å². The van der Waals surface area contributed by atoms with Gasteiger partial charge in [-0.2, -0.15) is 4.31 Å². The molecule has 1 aliphatic rings. The molecule has 0 aromatic heterocycles. The smallest absolute Gasteiger partial charge is 0.243 e. The van der Waals surface area contributed by atoms with Gasteiger partial charge in [-0.1, -0.05) is 13.0 Å². The first-order valence-corrected chi connectivity index (χ1v) is 8.64. The lowest BCUT2D eigenvalue weighted by Gasteiger charge is -2.22. The first kappa shape index (κ1) is 15.5. The molecule has 1 aromatic rings. The fourth-order valence-electron chi connectivity index (χ4n) is 2.41. The van der Waals surface area contributed by atoms with Crippen molar-refractivity contribution < 1.29 is 8.42 Å². The molecule has 5 heteroatoms. The van der Waals surface area contributed by atoms with E-state index < -0.39 is 10.0 Å². The standard InChI is InChI=1S/C15H24N2O2S/c1-4-17(10-13-5-6-13)20(18,19)15-8-14(9-16)7-11(2)12(15)3/h7-8,13H,4-6,9-10,16H2,1-3H3. The summed E-state index contributed by atoms with van der Waals surface area (Å²) in [6.07, 6.45) is 2.29. The van der Waals surface area contributed by atoms with Gasteiger partial charge in [0.1, 0.15) is 0 Å². The Morgan fingerprint density at radius 3 is 2.45 bits per heavy atom. The second-order valence-corrected chi connectivity index (χ2v) is 7.55. The minimum absolute atomic E-state index is 0.360. The molecule has 0 heterocycles. The average molecular weight is 296 g/mol. The Kier molecular flexibility index (Phi) is 4.52. The van der Waals surface area contributed by atoms with E-state index >= 15 is 0 Å². The Labute approximate surface area is 122 Å². The molecule has 2 N–H and O–H groups in total. The highest BCUT2D eigenvalue weighted by Gasteiger charge is 2.31. The van der Waals surface area contributed by atoms with Gasteiger partial charge in [0.05, 0.1) is 4.90 Å². The molecule has 0 aliphatic heterocycles. The molecule has 0 radical (unpaired) electrons. The molecule has 112 valence electrons. The number of benzene rings is 1. The summed E-state index contributed by atoms with van der Waals surface area (Å²) in [7, 11) is -3.41. The van der Waals surface area contributed by atoms with E-state index in [2.05, 4.69) is 0 Å². The van der Waals surface area contributed by atoms with Crippen molar-refractivity contribution in [3.05, 3.63) is 28.8 Å². The lowest BCUT2D eigenvalue weighted by molar-refractivity contribution is 0.411. The molecular weight excluding hydrogens is 272 g/mol. The van der Waals surface area contributed by atoms with Crippen LogP contribution in [0.25, 0.3) is 0 Å². The fraction of sp³-hybridized carbons (Fsp3) is 0.600. The van der Waals surface area contributed by atoms with Gasteiger partial charge in [0.2, 0.25) is 10.0 Å². The minimum atomic E-state index is -3.41. The summed E-state index contributed by atoms with van der Waals surface area (Å²) in [5.74, 6) is 0.545. The predicted octanol–water partition coefficient (Wildman–Crippen LogP) is 2.18. The second kappa shape index (κ2) is 5.84. The molecule has 20 heavy (non-hydrogen) atoms. The zero-order valence-corrected chi connectivity index (χ0v) is 13.3. The number of hydrogen-bond donors (Lipinski definition) is 1. The van der Waals surface area contributed by atoms with Gasteiger partial charge in [0.15, 0.2) is 0 Å². The minimum Gasteiger partial charge on any atom is -0.326 e. The average Bonchev–Trinajstić information content (AvgIpc) is 3.22. The monoisotopic (exact) mass is 296 g/mol. The Morgan fingerprint density at radius 1 is 1.30 bits per heavy atom. The van der Waals surface area contributed by atoms with Crippen molar-refractivity contribution in [2.24, 2.45) is 11.7 Å². The maximum atomic E-state index is 12.9. The predicted molar refractivity (Wildman–Crippen MR) is 81.0 cm³/mol. The van der Waals surface area contributed by atoms with Crippen molar-refractivity contribution in [1.29, 1.82) is 0 Å². The summed E-state index contributed by atoms with van der Waals surface area (Å²) in [5.41, 5.74) is 8.35. The molecule has 0 amide bonds. The van der Waals surface area contributed by atoms with Gasteiger partial charge in [-0.15, -0.1) is 0 Å². The Morgan fingerprint density at radius 2 is 1.95 bits per heavy atom. The number of aryl methyl sites for hydroxylation is 1. The molecule has 0 spiro atoms. The second-order valence-electron chi connectivity index (χ2n) is 5.64. The van der Waals surface area contributed by atoms with E-state index in [0.717, 1.165) is 29.5 Å². The normalized spacial score (nSPS) is 15.8. The van der Waals surface area contributed by atoms with Crippen molar-refractivity contribution in [3.8, 4) is 0 Å². The highest BCUT2D eigenvalue weighted by atomic mass is 32.2. The SMILES string of the molecule is CCN(CC1CC1)S(=O)(=O)c1cc(CN)cc(C)c1C. The third-order valence-corrected chi connectivity index (χ3v) is 6.11. The lowest BCUT2D eigenvalue weighted by Crippen LogP contribution is -2.33. The van der Waals surface area contributed by atoms with E-state index in [-0.39, 0.29) is 0 Å². The number of nitrogens with zero attached hydrogens (tertiary/aromatic N) is 1. The van der Waals surface area contributed by atoms with Crippen LogP contribution in [0.15, 0.2) is 17.0 Å². The van der Waals surface area contributed by atoms with Crippen molar-refractivity contribution in [1.82, 2.24) is 4.31 Å². The van der Waals surface area contributed by atoms with Crippen molar-refractivity contribution in [3.63, 3.8) is 0 Å². The molecule has 4 nitrogen and oxygen atoms in total. The first-order valence-electron chi connectivity index (χ1n) is 7.20. The van der Waals surface area contributed by atoms with Gasteiger partial charge in [-0.05, 0) is 55.4 Å². The van der Waals surface area contributed by atoms with E-state index in [1.54, 1.807) is 10.4 Å². The summed E-state index contributed by atoms with van der Waals surface area (Å²) in [6, 6.07) is 3.69. The zero-order chi connectivity index (χ0) is 14.9. The van der Waals surface area contributed by atoms with E-state index in [1.807, 2.05) is 26.8 Å². The van der Waals surface area contributed by atoms with E-state index in [9.17, 15) is 8.42 Å². The maximum Gasteiger partial charge on any atom is 0.243 e. The Hall–Kier alpha value is -0.910. The molecule has 1 aromatic carbocycles. The van der Waals surface area contributed by atoms with Gasteiger partial charge < -0.3 is 5.73 Å². The van der Waals surface area contributed by atoms with Crippen LogP contribution in [0.4, 0.5) is 0 Å². The van der Waals surface area contributed by atoms with Gasteiger partial charge in [-0.25, -0.2) is 8.42 Å². The van der Waals surface area contributed by atoms with E-state index in [4.69, 9.17) is 5.73 Å². The molecule has 0 atom stereocenters. The van der Waals surface area contributed by atoms with Crippen LogP contribution in [0.1, 0.15) is 36.5 Å². The van der Waals surface area contributed by atoms with Crippen molar-refractivity contribution in [2.75, 3.05) is 13.1 Å². The van der Waals surface area contributed by atoms with Crippen LogP contribution in [0.2, 0.25) is 0 Å². The van der Waals surface area contributed by atoms with Crippen LogP contribution < -0.4 is 5.73 Å². The molecule has 0 bridgehead atoms. The maximum absolute atomic E-state index is 12.9. The number of nitrogens with two attached hydrogens (primary N) is 1. The summed E-state index contributed by atoms with van der Waals surface area (Å²) in [6.45, 7) is 7.22. The summed E-state index contributed by atoms with van der Waals surface area (Å²) in [4.78, 5) is 0.417. The van der Waals surface area contributed by atoms with E-state index in [0.29, 0.717) is 30.4 Å². The third-order valence-electron chi connectivity index (χ3n) is 4.04. The Balaban J connectivity index is 2.43. The van der Waals surface area contributed by atoms with E-state index in [1.165, 1.54) is 0 Å². The van der Waals surface area contributed by atoms with Crippen molar-refractivity contribution in [2.45, 2.75) is 45.1 Å². The summed E-state index contributed by atoms with van der Waals surface area (Å²) >= 11 is 0. The number of sulfonamides is 1. The highest BCUT2D eigenvalue weighted by Crippen LogP contribution is 2.32. The molecule has 1 fully saturated rings. The topological polar surface area (TPSA) is 63.4 Å². The van der Waals surface area contributed by atoms with Crippen LogP contribution in [-0.4, -0.2) is 25.8 Å². The highest BCUT2D eigenvalue weighted by molar-refractivity contribution is 7.89. The largest absolute Gasteiger partial charge is 0.326 e. The quantitative estimate of drug-likeness (QED) is 0.875.